The van der Waals surface area contributed by atoms with Crippen LogP contribution in [-0.2, 0) is 10.3 Å². The average Bonchev–Trinajstić information content (AvgIpc) is 2.93. The number of aliphatic hydroxyl groups excluding tert-OH is 1. The molecule has 0 aliphatic carbocycles. The Hall–Kier alpha value is -0.900. The van der Waals surface area contributed by atoms with Crippen LogP contribution in [0.4, 0.5) is 0 Å². The predicted molar refractivity (Wildman–Crippen MR) is 72.5 cm³/mol. The fourth-order valence-electron chi connectivity index (χ4n) is 2.44. The Morgan fingerprint density at radius 2 is 2.17 bits per heavy atom. The number of nitrogens with one attached hydrogen (secondary N) is 1. The van der Waals surface area contributed by atoms with E-state index in [0.29, 0.717) is 6.10 Å². The van der Waals surface area contributed by atoms with Gasteiger partial charge in [0.25, 0.3) is 0 Å². The molecule has 0 spiro atoms. The van der Waals surface area contributed by atoms with Crippen molar-refractivity contribution >= 4 is 0 Å². The molecule has 3 heteroatoms. The summed E-state index contributed by atoms with van der Waals surface area (Å²) in [6, 6.07) is 10.1. The van der Waals surface area contributed by atoms with Crippen LogP contribution in [0.1, 0.15) is 31.7 Å². The molecule has 0 radical (unpaired) electrons. The molecule has 2 atom stereocenters. The van der Waals surface area contributed by atoms with Crippen LogP contribution in [0.15, 0.2) is 30.3 Å². The number of aliphatic hydroxyl groups is 1. The summed E-state index contributed by atoms with van der Waals surface area (Å²) in [4.78, 5) is 0. The number of hydrogen-bond donors (Lipinski definition) is 2. The summed E-state index contributed by atoms with van der Waals surface area (Å²) in [7, 11) is 0. The highest BCUT2D eigenvalue weighted by Crippen LogP contribution is 2.21. The lowest BCUT2D eigenvalue weighted by Gasteiger charge is -2.30. The van der Waals surface area contributed by atoms with Crippen molar-refractivity contribution in [2.24, 2.45) is 0 Å². The molecule has 2 N–H and O–H groups in total. The zero-order valence-electron chi connectivity index (χ0n) is 11.1. The van der Waals surface area contributed by atoms with Crippen molar-refractivity contribution in [3.8, 4) is 0 Å². The van der Waals surface area contributed by atoms with Crippen molar-refractivity contribution in [2.75, 3.05) is 19.8 Å². The molecular formula is C15H23NO2. The second kappa shape index (κ2) is 6.32. The third-order valence-corrected chi connectivity index (χ3v) is 3.73. The van der Waals surface area contributed by atoms with Crippen LogP contribution >= 0.6 is 0 Å². The third-order valence-electron chi connectivity index (χ3n) is 3.73. The van der Waals surface area contributed by atoms with Crippen LogP contribution in [0.5, 0.6) is 0 Å². The van der Waals surface area contributed by atoms with E-state index >= 15 is 0 Å². The Morgan fingerprint density at radius 1 is 1.39 bits per heavy atom. The Labute approximate surface area is 109 Å². The highest BCUT2D eigenvalue weighted by molar-refractivity contribution is 5.23. The number of hydrogen-bond acceptors (Lipinski definition) is 3. The van der Waals surface area contributed by atoms with Crippen molar-refractivity contribution in [2.45, 2.75) is 37.8 Å². The standard InChI is InChI=1S/C15H23NO2/c1-15(12-17,13-6-3-2-4-7-13)16-10-9-14-8-5-11-18-14/h2-4,6-7,14,16-17H,5,8-12H2,1H3. The monoisotopic (exact) mass is 249 g/mol. The van der Waals surface area contributed by atoms with Crippen LogP contribution in [0, 0.1) is 0 Å². The van der Waals surface area contributed by atoms with E-state index in [1.165, 1.54) is 12.8 Å². The van der Waals surface area contributed by atoms with E-state index in [9.17, 15) is 5.11 Å². The summed E-state index contributed by atoms with van der Waals surface area (Å²) in [6.45, 7) is 3.91. The van der Waals surface area contributed by atoms with Gasteiger partial charge in [-0.1, -0.05) is 30.3 Å². The summed E-state index contributed by atoms with van der Waals surface area (Å²) in [5.41, 5.74) is 0.764. The van der Waals surface area contributed by atoms with Crippen molar-refractivity contribution in [1.82, 2.24) is 5.32 Å². The van der Waals surface area contributed by atoms with Crippen molar-refractivity contribution in [1.29, 1.82) is 0 Å². The van der Waals surface area contributed by atoms with Gasteiger partial charge in [0, 0.05) is 6.61 Å². The summed E-state index contributed by atoms with van der Waals surface area (Å²) >= 11 is 0. The van der Waals surface area contributed by atoms with E-state index < -0.39 is 0 Å². The fourth-order valence-corrected chi connectivity index (χ4v) is 2.44. The largest absolute Gasteiger partial charge is 0.394 e. The van der Waals surface area contributed by atoms with Gasteiger partial charge in [-0.25, -0.2) is 0 Å². The molecule has 0 bridgehead atoms. The molecule has 100 valence electrons. The minimum atomic E-state index is -0.361. The molecule has 0 aromatic heterocycles. The van der Waals surface area contributed by atoms with E-state index in [0.717, 1.165) is 25.1 Å². The van der Waals surface area contributed by atoms with E-state index in [2.05, 4.69) is 17.4 Å². The molecule has 3 nitrogen and oxygen atoms in total. The van der Waals surface area contributed by atoms with Gasteiger partial charge < -0.3 is 15.2 Å². The molecule has 1 heterocycles. The summed E-state index contributed by atoms with van der Waals surface area (Å²) in [5.74, 6) is 0. The maximum atomic E-state index is 9.64. The minimum absolute atomic E-state index is 0.0997. The van der Waals surface area contributed by atoms with Crippen LogP contribution in [0.25, 0.3) is 0 Å². The van der Waals surface area contributed by atoms with Crippen LogP contribution in [-0.4, -0.2) is 31.0 Å². The van der Waals surface area contributed by atoms with Crippen molar-refractivity contribution in [3.05, 3.63) is 35.9 Å². The number of ether oxygens (including phenoxy) is 1. The minimum Gasteiger partial charge on any atom is -0.394 e. The van der Waals surface area contributed by atoms with Crippen LogP contribution < -0.4 is 5.32 Å². The summed E-state index contributed by atoms with van der Waals surface area (Å²) in [6.07, 6.45) is 3.77. The van der Waals surface area contributed by atoms with E-state index in [1.807, 2.05) is 25.1 Å². The van der Waals surface area contributed by atoms with E-state index in [4.69, 9.17) is 4.74 Å². The van der Waals surface area contributed by atoms with Gasteiger partial charge in [0.1, 0.15) is 0 Å². The molecular weight excluding hydrogens is 226 g/mol. The lowest BCUT2D eigenvalue weighted by Crippen LogP contribution is -2.44. The molecule has 1 fully saturated rings. The Bertz CT molecular complexity index is 349. The van der Waals surface area contributed by atoms with Gasteiger partial charge in [-0.15, -0.1) is 0 Å². The lowest BCUT2D eigenvalue weighted by atomic mass is 9.92. The first kappa shape index (κ1) is 13.5. The average molecular weight is 249 g/mol. The molecule has 0 saturated carbocycles. The zero-order valence-corrected chi connectivity index (χ0v) is 11.1. The smallest absolute Gasteiger partial charge is 0.0652 e. The van der Waals surface area contributed by atoms with Crippen LogP contribution in [0.3, 0.4) is 0 Å². The summed E-state index contributed by atoms with van der Waals surface area (Å²) in [5, 5.41) is 13.1. The van der Waals surface area contributed by atoms with Crippen molar-refractivity contribution < 1.29 is 9.84 Å². The maximum absolute atomic E-state index is 9.64. The first-order valence-corrected chi connectivity index (χ1v) is 6.77. The Kier molecular flexibility index (Phi) is 4.75. The first-order chi connectivity index (χ1) is 8.74. The SMILES string of the molecule is CC(CO)(NCCC1CCCO1)c1ccccc1. The van der Waals surface area contributed by atoms with Crippen LogP contribution in [0.2, 0.25) is 0 Å². The molecule has 0 amide bonds. The quantitative estimate of drug-likeness (QED) is 0.811. The van der Waals surface area contributed by atoms with Gasteiger partial charge in [-0.05, 0) is 38.3 Å². The second-order valence-corrected chi connectivity index (χ2v) is 5.21. The number of rotatable bonds is 6. The first-order valence-electron chi connectivity index (χ1n) is 6.77. The Morgan fingerprint density at radius 3 is 2.78 bits per heavy atom. The zero-order chi connectivity index (χ0) is 12.8. The van der Waals surface area contributed by atoms with Gasteiger partial charge in [-0.2, -0.15) is 0 Å². The fraction of sp³-hybridized carbons (Fsp3) is 0.600. The molecule has 2 rings (SSSR count). The third kappa shape index (κ3) is 3.31. The van der Waals surface area contributed by atoms with Gasteiger partial charge in [0.05, 0.1) is 18.2 Å². The van der Waals surface area contributed by atoms with Gasteiger partial charge in [0.15, 0.2) is 0 Å². The van der Waals surface area contributed by atoms with Gasteiger partial charge >= 0.3 is 0 Å². The molecule has 1 aromatic carbocycles. The highest BCUT2D eigenvalue weighted by atomic mass is 16.5. The van der Waals surface area contributed by atoms with E-state index in [-0.39, 0.29) is 12.1 Å². The number of benzene rings is 1. The van der Waals surface area contributed by atoms with Crippen molar-refractivity contribution in [3.63, 3.8) is 0 Å². The molecule has 1 aliphatic rings. The molecule has 1 aromatic rings. The summed E-state index contributed by atoms with van der Waals surface area (Å²) < 4.78 is 5.60. The second-order valence-electron chi connectivity index (χ2n) is 5.21. The lowest BCUT2D eigenvalue weighted by molar-refractivity contribution is 0.0980. The van der Waals surface area contributed by atoms with Gasteiger partial charge in [0.2, 0.25) is 0 Å². The highest BCUT2D eigenvalue weighted by Gasteiger charge is 2.25. The molecule has 1 aliphatic heterocycles. The topological polar surface area (TPSA) is 41.5 Å². The molecule has 18 heavy (non-hydrogen) atoms. The van der Waals surface area contributed by atoms with Gasteiger partial charge in [-0.3, -0.25) is 0 Å². The Balaban J connectivity index is 1.87. The molecule has 1 saturated heterocycles. The predicted octanol–water partition coefficient (Wildman–Crippen LogP) is 2.05. The molecule has 2 unspecified atom stereocenters. The van der Waals surface area contributed by atoms with E-state index in [1.54, 1.807) is 0 Å². The normalized spacial score (nSPS) is 22.9. The maximum Gasteiger partial charge on any atom is 0.0652 e.